The summed E-state index contributed by atoms with van der Waals surface area (Å²) in [6.07, 6.45) is 3.80. The Morgan fingerprint density at radius 3 is 2.50 bits per heavy atom. The molecule has 1 rings (SSSR count). The highest BCUT2D eigenvalue weighted by molar-refractivity contribution is 14.1. The van der Waals surface area contributed by atoms with Gasteiger partial charge in [0.2, 0.25) is 0 Å². The normalized spacial score (nSPS) is 22.9. The van der Waals surface area contributed by atoms with E-state index in [1.807, 2.05) is 12.2 Å². The highest BCUT2D eigenvalue weighted by Gasteiger charge is 2.18. The van der Waals surface area contributed by atoms with Crippen LogP contribution >= 0.6 is 22.6 Å². The molecule has 3 heteroatoms. The van der Waals surface area contributed by atoms with Gasteiger partial charge in [-0.05, 0) is 11.6 Å². The average Bonchev–Trinajstić information content (AvgIpc) is 2.09. The van der Waals surface area contributed by atoms with E-state index >= 15 is 0 Å². The van der Waals surface area contributed by atoms with Crippen LogP contribution in [0.4, 0.5) is 0 Å². The van der Waals surface area contributed by atoms with Crippen molar-refractivity contribution in [1.29, 1.82) is 0 Å². The number of halogens is 1. The minimum absolute atomic E-state index is 0.228. The van der Waals surface area contributed by atoms with E-state index in [9.17, 15) is 0 Å². The van der Waals surface area contributed by atoms with Crippen molar-refractivity contribution in [3.05, 3.63) is 35.8 Å². The fraction of sp³-hybridized carbons (Fsp3) is 0.333. The topological polar surface area (TPSA) is 18.5 Å². The Morgan fingerprint density at radius 2 is 2.00 bits per heavy atom. The Labute approximate surface area is 86.1 Å². The van der Waals surface area contributed by atoms with Gasteiger partial charge in [0.25, 0.3) is 0 Å². The van der Waals surface area contributed by atoms with Crippen molar-refractivity contribution in [2.75, 3.05) is 14.2 Å². The SMILES string of the molecule is C=C1C=C(OC)C=C(OC)C1I. The van der Waals surface area contributed by atoms with Gasteiger partial charge < -0.3 is 9.47 Å². The molecular weight excluding hydrogens is 267 g/mol. The number of ether oxygens (including phenoxy) is 2. The van der Waals surface area contributed by atoms with Crippen LogP contribution in [0.3, 0.4) is 0 Å². The fourth-order valence-electron chi connectivity index (χ4n) is 0.974. The first-order chi connectivity index (χ1) is 5.69. The van der Waals surface area contributed by atoms with Gasteiger partial charge in [-0.1, -0.05) is 29.2 Å². The molecule has 12 heavy (non-hydrogen) atoms. The smallest absolute Gasteiger partial charge is 0.122 e. The quantitative estimate of drug-likeness (QED) is 0.570. The average molecular weight is 278 g/mol. The van der Waals surface area contributed by atoms with Crippen LogP contribution in [0.1, 0.15) is 0 Å². The van der Waals surface area contributed by atoms with E-state index in [0.29, 0.717) is 0 Å². The van der Waals surface area contributed by atoms with E-state index in [4.69, 9.17) is 9.47 Å². The summed E-state index contributed by atoms with van der Waals surface area (Å²) in [4.78, 5) is 0. The number of rotatable bonds is 2. The maximum absolute atomic E-state index is 5.18. The molecule has 0 aromatic rings. The molecule has 0 saturated heterocycles. The Hall–Kier alpha value is -0.450. The van der Waals surface area contributed by atoms with E-state index in [1.54, 1.807) is 14.2 Å². The molecular formula is C9H11IO2. The van der Waals surface area contributed by atoms with Gasteiger partial charge >= 0.3 is 0 Å². The highest BCUT2D eigenvalue weighted by atomic mass is 127. The minimum atomic E-state index is 0.228. The van der Waals surface area contributed by atoms with Crippen molar-refractivity contribution in [3.63, 3.8) is 0 Å². The highest BCUT2D eigenvalue weighted by Crippen LogP contribution is 2.28. The number of allylic oxidation sites excluding steroid dienone is 3. The van der Waals surface area contributed by atoms with Crippen LogP contribution in [-0.2, 0) is 9.47 Å². The summed E-state index contributed by atoms with van der Waals surface area (Å²) in [5, 5.41) is 0. The predicted molar refractivity (Wildman–Crippen MR) is 57.1 cm³/mol. The van der Waals surface area contributed by atoms with Gasteiger partial charge in [-0.2, -0.15) is 0 Å². The summed E-state index contributed by atoms with van der Waals surface area (Å²) in [5.74, 6) is 1.68. The number of methoxy groups -OCH3 is 2. The molecule has 0 heterocycles. The molecule has 0 aromatic heterocycles. The number of hydrogen-bond donors (Lipinski definition) is 0. The lowest BCUT2D eigenvalue weighted by molar-refractivity contribution is 0.269. The molecule has 0 radical (unpaired) electrons. The maximum Gasteiger partial charge on any atom is 0.122 e. The summed E-state index contributed by atoms with van der Waals surface area (Å²) in [5.41, 5.74) is 1.01. The van der Waals surface area contributed by atoms with Gasteiger partial charge in [0.1, 0.15) is 11.5 Å². The minimum Gasteiger partial charge on any atom is -0.499 e. The fourth-order valence-corrected chi connectivity index (χ4v) is 1.59. The molecule has 0 fully saturated rings. The van der Waals surface area contributed by atoms with E-state index in [1.165, 1.54) is 0 Å². The van der Waals surface area contributed by atoms with Crippen LogP contribution in [0.2, 0.25) is 0 Å². The lowest BCUT2D eigenvalue weighted by Gasteiger charge is -2.19. The van der Waals surface area contributed by atoms with Crippen molar-refractivity contribution in [2.45, 2.75) is 3.92 Å². The Kier molecular flexibility index (Phi) is 3.20. The standard InChI is InChI=1S/C9H11IO2/c1-6-4-7(11-2)5-8(12-3)9(6)10/h4-5,9H,1H2,2-3H3. The van der Waals surface area contributed by atoms with Crippen LogP contribution in [-0.4, -0.2) is 18.1 Å². The second-order valence-corrected chi connectivity index (χ2v) is 3.68. The van der Waals surface area contributed by atoms with E-state index in [0.717, 1.165) is 17.1 Å². The van der Waals surface area contributed by atoms with Crippen molar-refractivity contribution >= 4 is 22.6 Å². The van der Waals surface area contributed by atoms with Gasteiger partial charge in [-0.15, -0.1) is 0 Å². The molecule has 0 spiro atoms. The third-order valence-corrected chi connectivity index (χ3v) is 3.07. The summed E-state index contributed by atoms with van der Waals surface area (Å²) in [6, 6.07) is 0. The van der Waals surface area contributed by atoms with Crippen LogP contribution in [0.25, 0.3) is 0 Å². The molecule has 1 aliphatic rings. The van der Waals surface area contributed by atoms with E-state index in [-0.39, 0.29) is 3.92 Å². The van der Waals surface area contributed by atoms with Crippen molar-refractivity contribution in [3.8, 4) is 0 Å². The summed E-state index contributed by atoms with van der Waals surface area (Å²) < 4.78 is 10.5. The lowest BCUT2D eigenvalue weighted by Crippen LogP contribution is -2.11. The van der Waals surface area contributed by atoms with E-state index in [2.05, 4.69) is 29.2 Å². The van der Waals surface area contributed by atoms with Crippen LogP contribution in [0.15, 0.2) is 35.8 Å². The Bertz CT molecular complexity index is 253. The summed E-state index contributed by atoms with van der Waals surface area (Å²) >= 11 is 2.28. The monoisotopic (exact) mass is 278 g/mol. The zero-order valence-electron chi connectivity index (χ0n) is 7.13. The first-order valence-electron chi connectivity index (χ1n) is 3.53. The molecule has 1 unspecified atom stereocenters. The first kappa shape index (κ1) is 9.64. The van der Waals surface area contributed by atoms with Gasteiger partial charge in [0, 0.05) is 6.08 Å². The predicted octanol–water partition coefficient (Wildman–Crippen LogP) is 2.42. The van der Waals surface area contributed by atoms with Crippen LogP contribution in [0.5, 0.6) is 0 Å². The molecule has 0 saturated carbocycles. The molecule has 0 bridgehead atoms. The second kappa shape index (κ2) is 3.98. The van der Waals surface area contributed by atoms with Gasteiger partial charge in [0.05, 0.1) is 18.1 Å². The van der Waals surface area contributed by atoms with Crippen molar-refractivity contribution in [2.24, 2.45) is 0 Å². The Morgan fingerprint density at radius 1 is 1.33 bits per heavy atom. The molecule has 0 aromatic carbocycles. The molecule has 0 amide bonds. The Balaban J connectivity index is 2.92. The molecule has 1 atom stereocenters. The maximum atomic E-state index is 5.18. The molecule has 1 aliphatic carbocycles. The first-order valence-corrected chi connectivity index (χ1v) is 4.77. The van der Waals surface area contributed by atoms with Crippen LogP contribution < -0.4 is 0 Å². The third kappa shape index (κ3) is 1.83. The summed E-state index contributed by atoms with van der Waals surface area (Å²) in [6.45, 7) is 3.91. The van der Waals surface area contributed by atoms with Crippen molar-refractivity contribution in [1.82, 2.24) is 0 Å². The number of hydrogen-bond acceptors (Lipinski definition) is 2. The van der Waals surface area contributed by atoms with Gasteiger partial charge in [-0.3, -0.25) is 0 Å². The van der Waals surface area contributed by atoms with E-state index < -0.39 is 0 Å². The van der Waals surface area contributed by atoms with Gasteiger partial charge in [-0.25, -0.2) is 0 Å². The zero-order chi connectivity index (χ0) is 9.14. The second-order valence-electron chi connectivity index (χ2n) is 2.44. The van der Waals surface area contributed by atoms with Crippen LogP contribution in [0, 0.1) is 0 Å². The van der Waals surface area contributed by atoms with Gasteiger partial charge in [0.15, 0.2) is 0 Å². The summed E-state index contributed by atoms with van der Waals surface area (Å²) in [7, 11) is 3.29. The van der Waals surface area contributed by atoms with Crippen molar-refractivity contribution < 1.29 is 9.47 Å². The molecule has 0 N–H and O–H groups in total. The molecule has 66 valence electrons. The largest absolute Gasteiger partial charge is 0.499 e. The zero-order valence-corrected chi connectivity index (χ0v) is 9.29. The molecule has 2 nitrogen and oxygen atoms in total. The number of alkyl halides is 1. The molecule has 0 aliphatic heterocycles. The third-order valence-electron chi connectivity index (χ3n) is 1.66. The lowest BCUT2D eigenvalue weighted by atomic mass is 10.1.